The zero-order valence-electron chi connectivity index (χ0n) is 15.2. The van der Waals surface area contributed by atoms with Gasteiger partial charge in [-0.1, -0.05) is 37.8 Å². The number of hydrogen-bond donors (Lipinski definition) is 0. The standard InChI is InChI=1S/C18H25ClN2O5/c1-3-4-5-6-9-20(2)18(23)8-7-10-26-17-11-14(13-22)16(21(24)25)12-15(17)19/h11-13H,3-10H2,1-2H3. The minimum Gasteiger partial charge on any atom is -0.492 e. The van der Waals surface area contributed by atoms with E-state index < -0.39 is 4.92 Å². The number of nitro groups is 1. The summed E-state index contributed by atoms with van der Waals surface area (Å²) in [5.74, 6) is 0.244. The summed E-state index contributed by atoms with van der Waals surface area (Å²) in [6.07, 6.45) is 5.67. The number of benzene rings is 1. The topological polar surface area (TPSA) is 89.8 Å². The highest BCUT2D eigenvalue weighted by molar-refractivity contribution is 6.32. The van der Waals surface area contributed by atoms with Gasteiger partial charge in [-0.05, 0) is 18.9 Å². The Kier molecular flexibility index (Phi) is 9.65. The van der Waals surface area contributed by atoms with Crippen LogP contribution in [-0.4, -0.2) is 42.2 Å². The summed E-state index contributed by atoms with van der Waals surface area (Å²) in [4.78, 5) is 34.9. The van der Waals surface area contributed by atoms with Crippen molar-refractivity contribution < 1.29 is 19.2 Å². The molecule has 1 amide bonds. The molecule has 0 unspecified atom stereocenters. The van der Waals surface area contributed by atoms with Crippen LogP contribution < -0.4 is 4.74 Å². The Labute approximate surface area is 158 Å². The fourth-order valence-corrected chi connectivity index (χ4v) is 2.63. The first kappa shape index (κ1) is 21.9. The molecule has 0 N–H and O–H groups in total. The first-order chi connectivity index (χ1) is 12.4. The average molecular weight is 385 g/mol. The van der Waals surface area contributed by atoms with E-state index in [1.54, 1.807) is 11.9 Å². The summed E-state index contributed by atoms with van der Waals surface area (Å²) in [5, 5.41) is 10.9. The molecule has 0 heterocycles. The zero-order valence-corrected chi connectivity index (χ0v) is 16.0. The van der Waals surface area contributed by atoms with Gasteiger partial charge in [-0.3, -0.25) is 19.7 Å². The van der Waals surface area contributed by atoms with E-state index in [2.05, 4.69) is 6.92 Å². The second kappa shape index (κ2) is 11.5. The Morgan fingerprint density at radius 2 is 2.04 bits per heavy atom. The molecule has 0 saturated heterocycles. The van der Waals surface area contributed by atoms with E-state index in [-0.39, 0.29) is 34.5 Å². The van der Waals surface area contributed by atoms with Crippen molar-refractivity contribution in [1.82, 2.24) is 4.90 Å². The monoisotopic (exact) mass is 384 g/mol. The molecule has 1 aromatic rings. The van der Waals surface area contributed by atoms with Crippen molar-refractivity contribution in [2.24, 2.45) is 0 Å². The third-order valence-corrected chi connectivity index (χ3v) is 4.27. The normalized spacial score (nSPS) is 10.4. The minimum absolute atomic E-state index is 0.0495. The number of amides is 1. The van der Waals surface area contributed by atoms with E-state index in [4.69, 9.17) is 16.3 Å². The van der Waals surface area contributed by atoms with Crippen LogP contribution >= 0.6 is 11.6 Å². The number of ether oxygens (including phenoxy) is 1. The Balaban J connectivity index is 2.45. The summed E-state index contributed by atoms with van der Waals surface area (Å²) in [6.45, 7) is 3.12. The van der Waals surface area contributed by atoms with E-state index >= 15 is 0 Å². The van der Waals surface area contributed by atoms with Crippen molar-refractivity contribution in [1.29, 1.82) is 0 Å². The maximum absolute atomic E-state index is 12.0. The second-order valence-electron chi connectivity index (χ2n) is 6.04. The van der Waals surface area contributed by atoms with Crippen LogP contribution in [0.25, 0.3) is 0 Å². The molecule has 26 heavy (non-hydrogen) atoms. The third-order valence-electron chi connectivity index (χ3n) is 3.97. The largest absolute Gasteiger partial charge is 0.492 e. The first-order valence-corrected chi connectivity index (χ1v) is 9.08. The van der Waals surface area contributed by atoms with Crippen molar-refractivity contribution >= 4 is 29.5 Å². The van der Waals surface area contributed by atoms with Gasteiger partial charge in [0.25, 0.3) is 5.69 Å². The van der Waals surface area contributed by atoms with Crippen LogP contribution in [0.4, 0.5) is 5.69 Å². The Morgan fingerprint density at radius 1 is 1.31 bits per heavy atom. The quantitative estimate of drug-likeness (QED) is 0.232. The lowest BCUT2D eigenvalue weighted by Gasteiger charge is -2.17. The summed E-state index contributed by atoms with van der Waals surface area (Å²) in [6, 6.07) is 2.34. The number of halogens is 1. The smallest absolute Gasteiger partial charge is 0.281 e. The van der Waals surface area contributed by atoms with Crippen molar-refractivity contribution in [2.75, 3.05) is 20.2 Å². The molecular formula is C18H25ClN2O5. The van der Waals surface area contributed by atoms with Crippen LogP contribution in [0, 0.1) is 10.1 Å². The van der Waals surface area contributed by atoms with E-state index in [1.165, 1.54) is 12.5 Å². The third kappa shape index (κ3) is 7.00. The minimum atomic E-state index is -0.672. The highest BCUT2D eigenvalue weighted by atomic mass is 35.5. The maximum atomic E-state index is 12.0. The number of unbranched alkanes of at least 4 members (excludes halogenated alkanes) is 3. The molecule has 0 fully saturated rings. The van der Waals surface area contributed by atoms with E-state index in [0.29, 0.717) is 19.1 Å². The highest BCUT2D eigenvalue weighted by Gasteiger charge is 2.18. The van der Waals surface area contributed by atoms with Gasteiger partial charge in [-0.15, -0.1) is 0 Å². The van der Waals surface area contributed by atoms with Crippen LogP contribution in [0.5, 0.6) is 5.75 Å². The molecule has 0 aliphatic carbocycles. The Morgan fingerprint density at radius 3 is 2.65 bits per heavy atom. The molecule has 0 radical (unpaired) electrons. The van der Waals surface area contributed by atoms with Gasteiger partial charge in [-0.25, -0.2) is 0 Å². The molecule has 8 heteroatoms. The zero-order chi connectivity index (χ0) is 19.5. The molecule has 1 aromatic carbocycles. The molecular weight excluding hydrogens is 360 g/mol. The van der Waals surface area contributed by atoms with Gasteiger partial charge in [0.1, 0.15) is 5.75 Å². The number of nitro benzene ring substituents is 1. The number of rotatable bonds is 12. The highest BCUT2D eigenvalue weighted by Crippen LogP contribution is 2.31. The van der Waals surface area contributed by atoms with Crippen molar-refractivity contribution in [2.45, 2.75) is 45.4 Å². The predicted molar refractivity (Wildman–Crippen MR) is 100 cm³/mol. The van der Waals surface area contributed by atoms with E-state index in [9.17, 15) is 19.7 Å². The van der Waals surface area contributed by atoms with Crippen LogP contribution in [0.2, 0.25) is 5.02 Å². The molecule has 0 saturated carbocycles. The van der Waals surface area contributed by atoms with Gasteiger partial charge in [0.05, 0.1) is 22.1 Å². The molecule has 0 bridgehead atoms. The lowest BCUT2D eigenvalue weighted by atomic mass is 10.2. The molecule has 0 spiro atoms. The second-order valence-corrected chi connectivity index (χ2v) is 6.45. The fourth-order valence-electron chi connectivity index (χ4n) is 2.42. The summed E-state index contributed by atoms with van der Waals surface area (Å²) >= 11 is 5.96. The number of hydrogen-bond acceptors (Lipinski definition) is 5. The molecule has 7 nitrogen and oxygen atoms in total. The lowest BCUT2D eigenvalue weighted by Crippen LogP contribution is -2.27. The molecule has 0 atom stereocenters. The van der Waals surface area contributed by atoms with Crippen LogP contribution in [0.15, 0.2) is 12.1 Å². The van der Waals surface area contributed by atoms with Crippen LogP contribution in [0.1, 0.15) is 55.8 Å². The van der Waals surface area contributed by atoms with Crippen LogP contribution in [0.3, 0.4) is 0 Å². The van der Waals surface area contributed by atoms with Crippen LogP contribution in [-0.2, 0) is 4.79 Å². The van der Waals surface area contributed by atoms with Gasteiger partial charge >= 0.3 is 0 Å². The van der Waals surface area contributed by atoms with E-state index in [1.807, 2.05) is 0 Å². The molecule has 0 aliphatic rings. The van der Waals surface area contributed by atoms with Crippen molar-refractivity contribution in [3.8, 4) is 5.75 Å². The Bertz CT molecular complexity index is 636. The van der Waals surface area contributed by atoms with Crippen molar-refractivity contribution in [3.63, 3.8) is 0 Å². The summed E-state index contributed by atoms with van der Waals surface area (Å²) < 4.78 is 5.47. The number of nitrogens with zero attached hydrogens (tertiary/aromatic N) is 2. The number of aldehydes is 1. The summed E-state index contributed by atoms with van der Waals surface area (Å²) in [7, 11) is 1.79. The van der Waals surface area contributed by atoms with E-state index in [0.717, 1.165) is 31.9 Å². The fraction of sp³-hybridized carbons (Fsp3) is 0.556. The molecule has 1 rings (SSSR count). The van der Waals surface area contributed by atoms with Gasteiger partial charge in [0.15, 0.2) is 6.29 Å². The number of carbonyl (C=O) groups is 2. The van der Waals surface area contributed by atoms with Gasteiger partial charge in [-0.2, -0.15) is 0 Å². The molecule has 0 aromatic heterocycles. The molecule has 144 valence electrons. The average Bonchev–Trinajstić information content (AvgIpc) is 2.62. The Hall–Kier alpha value is -2.15. The van der Waals surface area contributed by atoms with Gasteiger partial charge in [0.2, 0.25) is 5.91 Å². The predicted octanol–water partition coefficient (Wildman–Crippen LogP) is 4.26. The van der Waals surface area contributed by atoms with Gasteiger partial charge < -0.3 is 9.64 Å². The molecule has 0 aliphatic heterocycles. The SMILES string of the molecule is CCCCCCN(C)C(=O)CCCOc1cc(C=O)c([N+](=O)[O-])cc1Cl. The summed E-state index contributed by atoms with van der Waals surface area (Å²) in [5.41, 5.74) is -0.463. The maximum Gasteiger partial charge on any atom is 0.281 e. The first-order valence-electron chi connectivity index (χ1n) is 8.70. The number of carbonyl (C=O) groups excluding carboxylic acids is 2. The lowest BCUT2D eigenvalue weighted by molar-refractivity contribution is -0.385. The van der Waals surface area contributed by atoms with Crippen molar-refractivity contribution in [3.05, 3.63) is 32.8 Å². The van der Waals surface area contributed by atoms with Gasteiger partial charge in [0, 0.05) is 26.1 Å².